The van der Waals surface area contributed by atoms with Crippen molar-refractivity contribution in [1.82, 2.24) is 10.6 Å². The molecule has 0 aliphatic rings. The molecule has 17 heavy (non-hydrogen) atoms. The van der Waals surface area contributed by atoms with Gasteiger partial charge in [0.05, 0.1) is 6.61 Å². The topological polar surface area (TPSA) is 45.7 Å². The number of alkyl halides is 3. The number of nitrogens with one attached hydrogen (secondary N) is 2. The quantitative estimate of drug-likeness (QED) is 0.412. The maximum absolute atomic E-state index is 11.8. The van der Waals surface area contributed by atoms with Crippen LogP contribution in [0.1, 0.15) is 19.3 Å². The van der Waals surface area contributed by atoms with Crippen molar-refractivity contribution in [2.24, 2.45) is 4.99 Å². The summed E-state index contributed by atoms with van der Waals surface area (Å²) in [4.78, 5) is 3.92. The Morgan fingerprint density at radius 3 is 2.35 bits per heavy atom. The number of hydrogen-bond donors (Lipinski definition) is 2. The highest BCUT2D eigenvalue weighted by Crippen LogP contribution is 2.21. The number of rotatable bonds is 7. The van der Waals surface area contributed by atoms with Crippen molar-refractivity contribution in [2.45, 2.75) is 25.4 Å². The lowest BCUT2D eigenvalue weighted by atomic mass is 10.2. The van der Waals surface area contributed by atoms with E-state index in [0.717, 1.165) is 0 Å². The number of aliphatic imine (C=N–C) groups is 1. The summed E-state index contributed by atoms with van der Waals surface area (Å²) < 4.78 is 40.4. The molecular formula is C10H20F3N3O. The predicted molar refractivity (Wildman–Crippen MR) is 61.1 cm³/mol. The third-order valence-corrected chi connectivity index (χ3v) is 2.00. The lowest BCUT2D eigenvalue weighted by molar-refractivity contribution is -0.135. The molecule has 7 heteroatoms. The molecule has 0 unspecified atom stereocenters. The van der Waals surface area contributed by atoms with Gasteiger partial charge in [0.15, 0.2) is 5.96 Å². The van der Waals surface area contributed by atoms with Gasteiger partial charge in [-0.05, 0) is 12.8 Å². The largest absolute Gasteiger partial charge is 0.389 e. The molecule has 0 saturated heterocycles. The Kier molecular flexibility index (Phi) is 8.57. The lowest BCUT2D eigenvalue weighted by Crippen LogP contribution is -2.39. The number of unbranched alkanes of at least 4 members (excludes halogenated alkanes) is 1. The molecule has 0 saturated carbocycles. The summed E-state index contributed by atoms with van der Waals surface area (Å²) in [7, 11) is 3.20. The standard InChI is InChI=1S/C10H20F3N3O/c1-14-9(16-7-8-17-2)15-6-4-3-5-10(11,12)13/h3-8H2,1-2H3,(H2,14,15,16). The van der Waals surface area contributed by atoms with E-state index in [-0.39, 0.29) is 6.42 Å². The van der Waals surface area contributed by atoms with Crippen LogP contribution in [-0.4, -0.2) is 46.0 Å². The molecule has 4 nitrogen and oxygen atoms in total. The Labute approximate surface area is 99.6 Å². The second kappa shape index (κ2) is 9.09. The van der Waals surface area contributed by atoms with Gasteiger partial charge >= 0.3 is 6.18 Å². The van der Waals surface area contributed by atoms with E-state index in [9.17, 15) is 13.2 Å². The van der Waals surface area contributed by atoms with E-state index in [0.29, 0.717) is 32.1 Å². The third kappa shape index (κ3) is 11.3. The summed E-state index contributed by atoms with van der Waals surface area (Å²) in [5, 5.41) is 5.90. The lowest BCUT2D eigenvalue weighted by Gasteiger charge is -2.11. The second-order valence-electron chi connectivity index (χ2n) is 3.49. The van der Waals surface area contributed by atoms with Crippen LogP contribution >= 0.6 is 0 Å². The van der Waals surface area contributed by atoms with Crippen LogP contribution in [0.25, 0.3) is 0 Å². The highest BCUT2D eigenvalue weighted by Gasteiger charge is 2.25. The van der Waals surface area contributed by atoms with Crippen LogP contribution in [0.15, 0.2) is 4.99 Å². The molecule has 0 aromatic heterocycles. The predicted octanol–water partition coefficient (Wildman–Crippen LogP) is 1.53. The fourth-order valence-electron chi connectivity index (χ4n) is 1.15. The zero-order chi connectivity index (χ0) is 13.1. The molecule has 102 valence electrons. The number of halogens is 3. The molecule has 2 N–H and O–H groups in total. The maximum Gasteiger partial charge on any atom is 0.389 e. The van der Waals surface area contributed by atoms with Crippen molar-refractivity contribution in [3.63, 3.8) is 0 Å². The number of guanidine groups is 1. The minimum atomic E-state index is -4.06. The summed E-state index contributed by atoms with van der Waals surface area (Å²) in [5.74, 6) is 0.578. The Balaban J connectivity index is 3.51. The van der Waals surface area contributed by atoms with Crippen molar-refractivity contribution >= 4 is 5.96 Å². The highest BCUT2D eigenvalue weighted by atomic mass is 19.4. The maximum atomic E-state index is 11.8. The van der Waals surface area contributed by atoms with E-state index in [4.69, 9.17) is 4.74 Å². The first kappa shape index (κ1) is 16.0. The van der Waals surface area contributed by atoms with E-state index in [1.54, 1.807) is 14.2 Å². The monoisotopic (exact) mass is 255 g/mol. The molecule has 0 amide bonds. The molecule has 0 aliphatic heterocycles. The van der Waals surface area contributed by atoms with Crippen LogP contribution in [0.2, 0.25) is 0 Å². The van der Waals surface area contributed by atoms with Crippen molar-refractivity contribution in [1.29, 1.82) is 0 Å². The van der Waals surface area contributed by atoms with Crippen LogP contribution in [-0.2, 0) is 4.74 Å². The third-order valence-electron chi connectivity index (χ3n) is 2.00. The summed E-state index contributed by atoms with van der Waals surface area (Å²) in [6.45, 7) is 1.64. The van der Waals surface area contributed by atoms with Gasteiger partial charge in [0.1, 0.15) is 0 Å². The average molecular weight is 255 g/mol. The van der Waals surface area contributed by atoms with Gasteiger partial charge in [-0.25, -0.2) is 0 Å². The van der Waals surface area contributed by atoms with Gasteiger partial charge in [-0.1, -0.05) is 0 Å². The van der Waals surface area contributed by atoms with Crippen molar-refractivity contribution in [3.05, 3.63) is 0 Å². The first-order valence-electron chi connectivity index (χ1n) is 5.50. The summed E-state index contributed by atoms with van der Waals surface area (Å²) in [5.41, 5.74) is 0. The van der Waals surface area contributed by atoms with Gasteiger partial charge in [0, 0.05) is 33.7 Å². The fraction of sp³-hybridized carbons (Fsp3) is 0.900. The molecule has 0 radical (unpaired) electrons. The smallest absolute Gasteiger partial charge is 0.383 e. The molecule has 0 atom stereocenters. The van der Waals surface area contributed by atoms with E-state index in [1.807, 2.05) is 0 Å². The molecule has 0 heterocycles. The van der Waals surface area contributed by atoms with Gasteiger partial charge in [-0.15, -0.1) is 0 Å². The van der Waals surface area contributed by atoms with E-state index >= 15 is 0 Å². The summed E-state index contributed by atoms with van der Waals surface area (Å²) in [6, 6.07) is 0. The van der Waals surface area contributed by atoms with Crippen LogP contribution in [0.3, 0.4) is 0 Å². The highest BCUT2D eigenvalue weighted by molar-refractivity contribution is 5.79. The number of ether oxygens (including phenoxy) is 1. The average Bonchev–Trinajstić information content (AvgIpc) is 2.25. The van der Waals surface area contributed by atoms with E-state index < -0.39 is 12.6 Å². The van der Waals surface area contributed by atoms with Gasteiger partial charge in [0.2, 0.25) is 0 Å². The Morgan fingerprint density at radius 2 is 1.82 bits per heavy atom. The first-order valence-corrected chi connectivity index (χ1v) is 5.50. The Hall–Kier alpha value is -0.980. The molecule has 0 aliphatic carbocycles. The van der Waals surface area contributed by atoms with Crippen LogP contribution in [0, 0.1) is 0 Å². The molecule has 0 spiro atoms. The molecular weight excluding hydrogens is 235 g/mol. The van der Waals surface area contributed by atoms with E-state index in [1.165, 1.54) is 0 Å². The number of hydrogen-bond acceptors (Lipinski definition) is 2. The summed E-state index contributed by atoms with van der Waals surface area (Å²) in [6.07, 6.45) is -4.20. The van der Waals surface area contributed by atoms with Crippen LogP contribution in [0.4, 0.5) is 13.2 Å². The first-order chi connectivity index (χ1) is 7.99. The Morgan fingerprint density at radius 1 is 1.18 bits per heavy atom. The van der Waals surface area contributed by atoms with Crippen LogP contribution in [0.5, 0.6) is 0 Å². The zero-order valence-electron chi connectivity index (χ0n) is 10.2. The Bertz CT molecular complexity index is 219. The number of methoxy groups -OCH3 is 1. The molecule has 0 aromatic carbocycles. The molecule has 0 aromatic rings. The van der Waals surface area contributed by atoms with Gasteiger partial charge in [-0.3, -0.25) is 4.99 Å². The van der Waals surface area contributed by atoms with Gasteiger partial charge in [-0.2, -0.15) is 13.2 Å². The fourth-order valence-corrected chi connectivity index (χ4v) is 1.15. The van der Waals surface area contributed by atoms with Gasteiger partial charge in [0.25, 0.3) is 0 Å². The van der Waals surface area contributed by atoms with Gasteiger partial charge < -0.3 is 15.4 Å². The van der Waals surface area contributed by atoms with Crippen molar-refractivity contribution in [3.8, 4) is 0 Å². The van der Waals surface area contributed by atoms with E-state index in [2.05, 4.69) is 15.6 Å². The molecule has 0 bridgehead atoms. The SMILES string of the molecule is CN=C(NCCCCC(F)(F)F)NCCOC. The van der Waals surface area contributed by atoms with Crippen molar-refractivity contribution in [2.75, 3.05) is 33.9 Å². The number of nitrogens with zero attached hydrogens (tertiary/aromatic N) is 1. The summed E-state index contributed by atoms with van der Waals surface area (Å²) >= 11 is 0. The normalized spacial score (nSPS) is 12.6. The molecule has 0 fully saturated rings. The van der Waals surface area contributed by atoms with Crippen molar-refractivity contribution < 1.29 is 17.9 Å². The minimum absolute atomic E-state index is 0.131. The second-order valence-corrected chi connectivity index (χ2v) is 3.49. The molecule has 0 rings (SSSR count). The minimum Gasteiger partial charge on any atom is -0.383 e. The zero-order valence-corrected chi connectivity index (χ0v) is 10.2. The van der Waals surface area contributed by atoms with Crippen LogP contribution < -0.4 is 10.6 Å².